The molecule has 8 nitrogen and oxygen atoms in total. The normalized spacial score (nSPS) is 15.5. The van der Waals surface area contributed by atoms with Gasteiger partial charge in [-0.15, -0.1) is 0 Å². The van der Waals surface area contributed by atoms with Gasteiger partial charge in [0.25, 0.3) is 10.0 Å². The van der Waals surface area contributed by atoms with Crippen molar-refractivity contribution in [2.75, 3.05) is 18.9 Å². The second-order valence-corrected chi connectivity index (χ2v) is 11.6. The van der Waals surface area contributed by atoms with Gasteiger partial charge in [0.1, 0.15) is 0 Å². The Kier molecular flexibility index (Phi) is 7.26. The molecule has 2 aromatic rings. The Bertz CT molecular complexity index is 1190. The predicted molar refractivity (Wildman–Crippen MR) is 122 cm³/mol. The predicted octanol–water partition coefficient (Wildman–Crippen LogP) is 3.54. The fourth-order valence-corrected chi connectivity index (χ4v) is 6.59. The number of methoxy groups -OCH3 is 1. The number of anilines is 1. The van der Waals surface area contributed by atoms with Crippen molar-refractivity contribution >= 4 is 31.7 Å². The van der Waals surface area contributed by atoms with Crippen LogP contribution in [0.5, 0.6) is 0 Å². The van der Waals surface area contributed by atoms with E-state index in [1.807, 2.05) is 0 Å². The van der Waals surface area contributed by atoms with Gasteiger partial charge in [0.05, 0.1) is 22.5 Å². The number of esters is 1. The molecule has 0 aromatic heterocycles. The lowest BCUT2D eigenvalue weighted by Crippen LogP contribution is -2.38. The maximum Gasteiger partial charge on any atom is 0.337 e. The molecule has 1 fully saturated rings. The summed E-state index contributed by atoms with van der Waals surface area (Å²) in [6.45, 7) is 1.62. The van der Waals surface area contributed by atoms with Crippen LogP contribution in [0.3, 0.4) is 0 Å². The molecule has 0 amide bonds. The van der Waals surface area contributed by atoms with Gasteiger partial charge in [-0.05, 0) is 61.7 Å². The molecular weight excluding hydrogens is 452 g/mol. The van der Waals surface area contributed by atoms with Crippen molar-refractivity contribution < 1.29 is 26.4 Å². The highest BCUT2D eigenvalue weighted by Gasteiger charge is 2.29. The smallest absolute Gasteiger partial charge is 0.337 e. The molecular formula is C22H28N2O6S2. The molecule has 10 heteroatoms. The van der Waals surface area contributed by atoms with E-state index in [2.05, 4.69) is 9.46 Å². The lowest BCUT2D eigenvalue weighted by molar-refractivity contribution is 0.0600. The van der Waals surface area contributed by atoms with E-state index >= 15 is 0 Å². The largest absolute Gasteiger partial charge is 0.465 e. The average molecular weight is 481 g/mol. The van der Waals surface area contributed by atoms with Crippen molar-refractivity contribution in [2.45, 2.75) is 54.9 Å². The first-order valence-electron chi connectivity index (χ1n) is 10.4. The monoisotopic (exact) mass is 480 g/mol. The van der Waals surface area contributed by atoms with Crippen molar-refractivity contribution in [3.8, 4) is 0 Å². The minimum atomic E-state index is -4.01. The van der Waals surface area contributed by atoms with Crippen molar-refractivity contribution in [3.05, 3.63) is 53.6 Å². The van der Waals surface area contributed by atoms with Crippen LogP contribution in [-0.4, -0.2) is 47.3 Å². The maximum absolute atomic E-state index is 13.0. The SMILES string of the molecule is COC(=O)c1ccc(C)c(S(=O)(=O)Nc2ccc(S(=O)(=O)N(C)C3CCCCC3)cc2)c1. The van der Waals surface area contributed by atoms with Crippen molar-refractivity contribution in [1.29, 1.82) is 0 Å². The minimum Gasteiger partial charge on any atom is -0.465 e. The van der Waals surface area contributed by atoms with Gasteiger partial charge < -0.3 is 4.74 Å². The fraction of sp³-hybridized carbons (Fsp3) is 0.409. The van der Waals surface area contributed by atoms with Gasteiger partial charge in [-0.3, -0.25) is 4.72 Å². The molecule has 0 aliphatic heterocycles. The van der Waals surface area contributed by atoms with Gasteiger partial charge in [-0.2, -0.15) is 4.31 Å². The van der Waals surface area contributed by atoms with Crippen molar-refractivity contribution in [1.82, 2.24) is 4.31 Å². The van der Waals surface area contributed by atoms with Crippen LogP contribution in [0.1, 0.15) is 48.0 Å². The highest BCUT2D eigenvalue weighted by atomic mass is 32.2. The summed E-state index contributed by atoms with van der Waals surface area (Å²) in [7, 11) is -4.86. The standard InChI is InChI=1S/C22H28N2O6S2/c1-16-9-10-17(22(25)30-3)15-21(16)31(26,27)23-18-11-13-20(14-12-18)32(28,29)24(2)19-7-5-4-6-8-19/h9-15,19,23H,4-8H2,1-3H3. The van der Waals surface area contributed by atoms with E-state index in [9.17, 15) is 21.6 Å². The number of carbonyl (C=O) groups excluding carboxylic acids is 1. The van der Waals surface area contributed by atoms with E-state index < -0.39 is 26.0 Å². The summed E-state index contributed by atoms with van der Waals surface area (Å²) in [6, 6.07) is 9.87. The number of sulfonamides is 2. The van der Waals surface area contributed by atoms with Gasteiger partial charge in [-0.1, -0.05) is 25.3 Å². The van der Waals surface area contributed by atoms with Gasteiger partial charge in [0.2, 0.25) is 10.0 Å². The summed E-state index contributed by atoms with van der Waals surface area (Å²) >= 11 is 0. The van der Waals surface area contributed by atoms with Gasteiger partial charge in [-0.25, -0.2) is 21.6 Å². The number of nitrogens with one attached hydrogen (secondary N) is 1. The van der Waals surface area contributed by atoms with Crippen molar-refractivity contribution in [3.63, 3.8) is 0 Å². The quantitative estimate of drug-likeness (QED) is 0.607. The first-order chi connectivity index (χ1) is 15.1. The number of benzene rings is 2. The van der Waals surface area contributed by atoms with E-state index in [-0.39, 0.29) is 27.1 Å². The third-order valence-electron chi connectivity index (χ3n) is 5.77. The van der Waals surface area contributed by atoms with Crippen LogP contribution in [0.2, 0.25) is 0 Å². The minimum absolute atomic E-state index is 0.0167. The molecule has 0 radical (unpaired) electrons. The van der Waals surface area contributed by atoms with E-state index in [4.69, 9.17) is 0 Å². The van der Waals surface area contributed by atoms with E-state index in [1.54, 1.807) is 14.0 Å². The Morgan fingerprint density at radius 3 is 2.22 bits per heavy atom. The number of ether oxygens (including phenoxy) is 1. The summed E-state index contributed by atoms with van der Waals surface area (Å²) in [5.74, 6) is -0.641. The lowest BCUT2D eigenvalue weighted by atomic mass is 9.96. The third kappa shape index (κ3) is 5.13. The molecule has 0 heterocycles. The van der Waals surface area contributed by atoms with Crippen LogP contribution in [0, 0.1) is 6.92 Å². The van der Waals surface area contributed by atoms with Gasteiger partial charge in [0, 0.05) is 18.8 Å². The second-order valence-electron chi connectivity index (χ2n) is 7.91. The summed E-state index contributed by atoms with van der Waals surface area (Å²) < 4.78 is 60.2. The van der Waals surface area contributed by atoms with Crippen LogP contribution in [0.15, 0.2) is 52.3 Å². The van der Waals surface area contributed by atoms with E-state index in [0.717, 1.165) is 32.1 Å². The number of hydrogen-bond acceptors (Lipinski definition) is 6. The number of carbonyl (C=O) groups is 1. The Labute approximate surface area is 189 Å². The number of aryl methyl sites for hydroxylation is 1. The highest BCUT2D eigenvalue weighted by molar-refractivity contribution is 7.92. The van der Waals surface area contributed by atoms with E-state index in [0.29, 0.717) is 5.56 Å². The first kappa shape index (κ1) is 24.2. The van der Waals surface area contributed by atoms with Crippen LogP contribution in [0.25, 0.3) is 0 Å². The highest BCUT2D eigenvalue weighted by Crippen LogP contribution is 2.28. The molecule has 32 heavy (non-hydrogen) atoms. The Morgan fingerprint density at radius 1 is 1.00 bits per heavy atom. The molecule has 1 saturated carbocycles. The number of nitrogens with zero attached hydrogens (tertiary/aromatic N) is 1. The molecule has 174 valence electrons. The third-order valence-corrected chi connectivity index (χ3v) is 9.22. The number of hydrogen-bond donors (Lipinski definition) is 1. The zero-order valence-electron chi connectivity index (χ0n) is 18.4. The van der Waals surface area contributed by atoms with Gasteiger partial charge in [0.15, 0.2) is 0 Å². The molecule has 1 N–H and O–H groups in total. The van der Waals surface area contributed by atoms with Crippen LogP contribution in [-0.2, 0) is 24.8 Å². The molecule has 0 unspecified atom stereocenters. The zero-order valence-corrected chi connectivity index (χ0v) is 20.0. The maximum atomic E-state index is 13.0. The molecule has 1 aliphatic carbocycles. The second kappa shape index (κ2) is 9.60. The van der Waals surface area contributed by atoms with Crippen LogP contribution in [0.4, 0.5) is 5.69 Å². The molecule has 0 atom stereocenters. The fourth-order valence-electron chi connectivity index (χ4n) is 3.85. The molecule has 2 aromatic carbocycles. The Morgan fingerprint density at radius 2 is 1.62 bits per heavy atom. The van der Waals surface area contributed by atoms with Crippen molar-refractivity contribution in [2.24, 2.45) is 0 Å². The van der Waals surface area contributed by atoms with Gasteiger partial charge >= 0.3 is 5.97 Å². The van der Waals surface area contributed by atoms with E-state index in [1.165, 1.54) is 53.9 Å². The summed E-state index contributed by atoms with van der Waals surface area (Å²) in [6.07, 6.45) is 4.85. The Balaban J connectivity index is 1.81. The molecule has 0 bridgehead atoms. The summed E-state index contributed by atoms with van der Waals surface area (Å²) in [4.78, 5) is 11.8. The first-order valence-corrected chi connectivity index (χ1v) is 13.3. The molecule has 0 spiro atoms. The summed E-state index contributed by atoms with van der Waals surface area (Å²) in [5.41, 5.74) is 0.788. The van der Waals surface area contributed by atoms with Crippen LogP contribution < -0.4 is 4.72 Å². The topological polar surface area (TPSA) is 110 Å². The van der Waals surface area contributed by atoms with Crippen LogP contribution >= 0.6 is 0 Å². The summed E-state index contributed by atoms with van der Waals surface area (Å²) in [5, 5.41) is 0. The molecule has 1 aliphatic rings. The lowest BCUT2D eigenvalue weighted by Gasteiger charge is -2.30. The molecule has 0 saturated heterocycles. The molecule has 3 rings (SSSR count). The zero-order chi connectivity index (χ0) is 23.5. The number of rotatable bonds is 7. The average Bonchev–Trinajstić information content (AvgIpc) is 2.78. The Hall–Kier alpha value is -2.43.